The van der Waals surface area contributed by atoms with Gasteiger partial charge in [0.25, 0.3) is 11.8 Å². The lowest BCUT2D eigenvalue weighted by Crippen LogP contribution is -2.53. The molecule has 0 radical (unpaired) electrons. The van der Waals surface area contributed by atoms with E-state index in [-0.39, 0.29) is 88.1 Å². The van der Waals surface area contributed by atoms with Gasteiger partial charge >= 0.3 is 5.97 Å². The molecule has 254 valence electrons. The first-order valence-electron chi connectivity index (χ1n) is 15.3. The highest BCUT2D eigenvalue weighted by molar-refractivity contribution is 6.12. The first kappa shape index (κ1) is 38.0. The minimum Gasteiger partial charge on any atom is -0.461 e. The zero-order chi connectivity index (χ0) is 34.1. The standard InChI is InChI=1S/C32H46N4O10/c1-21(2)29(31(41)33-23(5)30(40)34-25-8-6-24(7-9-25)20-46-32(42)22(3)4)35-26(37)12-14-43-16-18-45-19-17-44-15-13-36-27(38)10-11-28(36)39/h6-11,21-23,29H,12-20H2,1-5H3,(H,33,41)(H,34,40)(H,35,37)/t23-,29-/m0/s1. The van der Waals surface area contributed by atoms with Gasteiger partial charge in [-0.25, -0.2) is 0 Å². The zero-order valence-electron chi connectivity index (χ0n) is 27.2. The number of amides is 5. The van der Waals surface area contributed by atoms with Crippen molar-refractivity contribution in [2.24, 2.45) is 11.8 Å². The van der Waals surface area contributed by atoms with Gasteiger partial charge in [-0.05, 0) is 30.5 Å². The van der Waals surface area contributed by atoms with E-state index in [1.165, 1.54) is 12.2 Å². The summed E-state index contributed by atoms with van der Waals surface area (Å²) in [7, 11) is 0. The number of anilines is 1. The van der Waals surface area contributed by atoms with Crippen LogP contribution in [0, 0.1) is 11.8 Å². The van der Waals surface area contributed by atoms with Crippen LogP contribution in [-0.4, -0.2) is 98.7 Å². The van der Waals surface area contributed by atoms with E-state index < -0.39 is 23.9 Å². The third kappa shape index (κ3) is 13.9. The van der Waals surface area contributed by atoms with E-state index in [9.17, 15) is 28.8 Å². The summed E-state index contributed by atoms with van der Waals surface area (Å²) in [5, 5.41) is 8.09. The highest BCUT2D eigenvalue weighted by atomic mass is 16.5. The van der Waals surface area contributed by atoms with Crippen molar-refractivity contribution in [1.82, 2.24) is 15.5 Å². The van der Waals surface area contributed by atoms with Gasteiger partial charge in [0.2, 0.25) is 17.7 Å². The maximum atomic E-state index is 12.9. The third-order valence-electron chi connectivity index (χ3n) is 6.67. The number of hydrogen-bond donors (Lipinski definition) is 3. The predicted octanol–water partition coefficient (Wildman–Crippen LogP) is 1.33. The van der Waals surface area contributed by atoms with E-state index in [0.29, 0.717) is 12.3 Å². The van der Waals surface area contributed by atoms with Gasteiger partial charge < -0.3 is 34.9 Å². The second-order valence-corrected chi connectivity index (χ2v) is 11.2. The van der Waals surface area contributed by atoms with Crippen molar-refractivity contribution in [3.63, 3.8) is 0 Å². The number of esters is 1. The molecule has 14 heteroatoms. The Morgan fingerprint density at radius 1 is 0.739 bits per heavy atom. The van der Waals surface area contributed by atoms with Gasteiger partial charge in [0.1, 0.15) is 18.7 Å². The third-order valence-corrected chi connectivity index (χ3v) is 6.67. The predicted molar refractivity (Wildman–Crippen MR) is 167 cm³/mol. The average Bonchev–Trinajstić information content (AvgIpc) is 3.33. The molecule has 1 heterocycles. The molecular weight excluding hydrogens is 600 g/mol. The molecule has 0 saturated carbocycles. The molecule has 0 fully saturated rings. The van der Waals surface area contributed by atoms with Crippen molar-refractivity contribution in [3.05, 3.63) is 42.0 Å². The summed E-state index contributed by atoms with van der Waals surface area (Å²) in [5.41, 5.74) is 1.29. The van der Waals surface area contributed by atoms with E-state index in [2.05, 4.69) is 16.0 Å². The summed E-state index contributed by atoms with van der Waals surface area (Å²) in [6.45, 7) is 10.4. The minimum absolute atomic E-state index is 0.0329. The topological polar surface area (TPSA) is 179 Å². The Hall–Kier alpha value is -4.14. The van der Waals surface area contributed by atoms with Gasteiger partial charge in [0, 0.05) is 24.3 Å². The molecule has 1 aliphatic heterocycles. The molecule has 1 aromatic rings. The van der Waals surface area contributed by atoms with Crippen LogP contribution in [0.4, 0.5) is 5.69 Å². The van der Waals surface area contributed by atoms with E-state index in [1.807, 2.05) is 0 Å². The molecule has 0 aliphatic carbocycles. The lowest BCUT2D eigenvalue weighted by Gasteiger charge is -2.24. The van der Waals surface area contributed by atoms with Gasteiger partial charge in [-0.15, -0.1) is 0 Å². The van der Waals surface area contributed by atoms with E-state index in [1.54, 1.807) is 58.9 Å². The Morgan fingerprint density at radius 3 is 1.87 bits per heavy atom. The fourth-order valence-corrected chi connectivity index (χ4v) is 3.92. The van der Waals surface area contributed by atoms with Crippen LogP contribution < -0.4 is 16.0 Å². The maximum Gasteiger partial charge on any atom is 0.308 e. The molecule has 5 amide bonds. The SMILES string of the molecule is CC(C)C(=O)OCc1ccc(NC(=O)[C@H](C)NC(=O)[C@@H](NC(=O)CCOCCOCCOCCN2C(=O)C=CC2=O)C(C)C)cc1. The fourth-order valence-electron chi connectivity index (χ4n) is 3.92. The highest BCUT2D eigenvalue weighted by Crippen LogP contribution is 2.12. The Labute approximate surface area is 269 Å². The lowest BCUT2D eigenvalue weighted by molar-refractivity contribution is -0.148. The van der Waals surface area contributed by atoms with E-state index >= 15 is 0 Å². The molecule has 0 bridgehead atoms. The van der Waals surface area contributed by atoms with E-state index in [0.717, 1.165) is 10.5 Å². The van der Waals surface area contributed by atoms with Gasteiger partial charge in [-0.2, -0.15) is 0 Å². The molecule has 0 aromatic heterocycles. The molecular formula is C32H46N4O10. The quantitative estimate of drug-likeness (QED) is 0.100. The summed E-state index contributed by atoms with van der Waals surface area (Å²) in [4.78, 5) is 73.7. The number of nitrogens with one attached hydrogen (secondary N) is 3. The summed E-state index contributed by atoms with van der Waals surface area (Å²) >= 11 is 0. The van der Waals surface area contributed by atoms with Crippen LogP contribution in [0.5, 0.6) is 0 Å². The zero-order valence-corrected chi connectivity index (χ0v) is 27.2. The van der Waals surface area contributed by atoms with Crippen molar-refractivity contribution in [3.8, 4) is 0 Å². The largest absolute Gasteiger partial charge is 0.461 e. The smallest absolute Gasteiger partial charge is 0.308 e. The Morgan fingerprint density at radius 2 is 1.30 bits per heavy atom. The number of hydrogen-bond acceptors (Lipinski definition) is 10. The number of nitrogens with zero attached hydrogens (tertiary/aromatic N) is 1. The number of carbonyl (C=O) groups is 6. The van der Waals surface area contributed by atoms with Gasteiger partial charge in [0.15, 0.2) is 0 Å². The van der Waals surface area contributed by atoms with Crippen molar-refractivity contribution < 1.29 is 47.7 Å². The van der Waals surface area contributed by atoms with Crippen LogP contribution in [0.25, 0.3) is 0 Å². The molecule has 0 spiro atoms. The molecule has 3 N–H and O–H groups in total. The molecule has 2 rings (SSSR count). The first-order chi connectivity index (χ1) is 21.9. The summed E-state index contributed by atoms with van der Waals surface area (Å²) in [6.07, 6.45) is 2.48. The number of benzene rings is 1. The molecule has 1 aromatic carbocycles. The molecule has 2 atom stereocenters. The van der Waals surface area contributed by atoms with Crippen LogP contribution in [0.1, 0.15) is 46.6 Å². The van der Waals surface area contributed by atoms with Crippen LogP contribution in [-0.2, 0) is 54.3 Å². The number of imide groups is 1. The monoisotopic (exact) mass is 646 g/mol. The van der Waals surface area contributed by atoms with Crippen molar-refractivity contribution >= 4 is 41.2 Å². The number of ether oxygens (including phenoxy) is 4. The van der Waals surface area contributed by atoms with Gasteiger partial charge in [0.05, 0.1) is 52.1 Å². The summed E-state index contributed by atoms with van der Waals surface area (Å²) < 4.78 is 21.4. The second kappa shape index (κ2) is 20.1. The molecule has 1 aliphatic rings. The van der Waals surface area contributed by atoms with Crippen LogP contribution >= 0.6 is 0 Å². The van der Waals surface area contributed by atoms with Crippen LogP contribution in [0.15, 0.2) is 36.4 Å². The van der Waals surface area contributed by atoms with E-state index in [4.69, 9.17) is 18.9 Å². The first-order valence-corrected chi connectivity index (χ1v) is 15.3. The van der Waals surface area contributed by atoms with Gasteiger partial charge in [-0.3, -0.25) is 33.7 Å². The summed E-state index contributed by atoms with van der Waals surface area (Å²) in [5.74, 6) is -2.74. The van der Waals surface area contributed by atoms with Crippen molar-refractivity contribution in [1.29, 1.82) is 0 Å². The number of carbonyl (C=O) groups excluding carboxylic acids is 6. The Kier molecular flexibility index (Phi) is 16.6. The molecule has 46 heavy (non-hydrogen) atoms. The lowest BCUT2D eigenvalue weighted by atomic mass is 10.0. The van der Waals surface area contributed by atoms with Crippen molar-refractivity contribution in [2.75, 3.05) is 51.5 Å². The average molecular weight is 647 g/mol. The minimum atomic E-state index is -0.873. The van der Waals surface area contributed by atoms with Crippen LogP contribution in [0.3, 0.4) is 0 Å². The fraction of sp³-hybridized carbons (Fsp3) is 0.562. The highest BCUT2D eigenvalue weighted by Gasteiger charge is 2.27. The summed E-state index contributed by atoms with van der Waals surface area (Å²) in [6, 6.07) is 5.09. The second-order valence-electron chi connectivity index (χ2n) is 11.2. The Balaban J connectivity index is 1.60. The number of rotatable bonds is 21. The normalized spacial score (nSPS) is 14.0. The maximum absolute atomic E-state index is 12.9. The van der Waals surface area contributed by atoms with Gasteiger partial charge in [-0.1, -0.05) is 39.8 Å². The molecule has 0 unspecified atom stereocenters. The molecule has 0 saturated heterocycles. The van der Waals surface area contributed by atoms with Crippen molar-refractivity contribution in [2.45, 2.75) is 59.7 Å². The molecule has 14 nitrogen and oxygen atoms in total. The Bertz CT molecular complexity index is 1200. The van der Waals surface area contributed by atoms with Crippen LogP contribution in [0.2, 0.25) is 0 Å².